The quantitative estimate of drug-likeness (QED) is 0.664. The van der Waals surface area contributed by atoms with Crippen LogP contribution in [-0.4, -0.2) is 56.5 Å². The molecule has 1 amide bonds. The highest BCUT2D eigenvalue weighted by Gasteiger charge is 2.21. The van der Waals surface area contributed by atoms with E-state index in [1.165, 1.54) is 12.1 Å². The van der Waals surface area contributed by atoms with Crippen LogP contribution in [0.1, 0.15) is 24.8 Å². The minimum absolute atomic E-state index is 0.0671. The van der Waals surface area contributed by atoms with Gasteiger partial charge < -0.3 is 10.5 Å². The van der Waals surface area contributed by atoms with Gasteiger partial charge in [-0.25, -0.2) is 12.8 Å². The van der Waals surface area contributed by atoms with Crippen LogP contribution in [0.3, 0.4) is 0 Å². The number of rotatable bonds is 10. The number of carbonyl (C=O) groups is 1. The van der Waals surface area contributed by atoms with Crippen LogP contribution in [0.2, 0.25) is 0 Å². The smallest absolute Gasteiger partial charge is 0.218 e. The summed E-state index contributed by atoms with van der Waals surface area (Å²) in [5.74, 6) is -1.25. The van der Waals surface area contributed by atoms with Crippen molar-refractivity contribution in [2.45, 2.75) is 31.9 Å². The van der Waals surface area contributed by atoms with Gasteiger partial charge in [0, 0.05) is 32.7 Å². The summed E-state index contributed by atoms with van der Waals surface area (Å²) in [5.41, 5.74) is 5.80. The van der Waals surface area contributed by atoms with E-state index in [0.29, 0.717) is 19.6 Å². The predicted octanol–water partition coefficient (Wildman–Crippen LogP) is 1.10. The van der Waals surface area contributed by atoms with Gasteiger partial charge in [-0.3, -0.25) is 9.69 Å². The predicted molar refractivity (Wildman–Crippen MR) is 93.1 cm³/mol. The summed E-state index contributed by atoms with van der Waals surface area (Å²) in [6, 6.07) is 6.28. The van der Waals surface area contributed by atoms with Gasteiger partial charge in [0.25, 0.3) is 0 Å². The number of nitrogens with zero attached hydrogens (tertiary/aromatic N) is 1. The number of amides is 1. The molecule has 1 heterocycles. The zero-order valence-corrected chi connectivity index (χ0v) is 15.0. The van der Waals surface area contributed by atoms with Crippen molar-refractivity contribution in [3.8, 4) is 0 Å². The molecule has 2 N–H and O–H groups in total. The van der Waals surface area contributed by atoms with Crippen LogP contribution in [0.15, 0.2) is 24.3 Å². The molecule has 1 aliphatic rings. The van der Waals surface area contributed by atoms with Crippen LogP contribution in [0.25, 0.3) is 0 Å². The molecule has 25 heavy (non-hydrogen) atoms. The molecule has 140 valence electrons. The first-order chi connectivity index (χ1) is 11.8. The van der Waals surface area contributed by atoms with Gasteiger partial charge in [0.2, 0.25) is 5.91 Å². The van der Waals surface area contributed by atoms with E-state index >= 15 is 0 Å². The first-order valence-corrected chi connectivity index (χ1v) is 10.2. The minimum Gasteiger partial charge on any atom is -0.377 e. The van der Waals surface area contributed by atoms with Gasteiger partial charge in [0.05, 0.1) is 17.6 Å². The number of sulfone groups is 1. The first-order valence-electron chi connectivity index (χ1n) is 8.41. The third kappa shape index (κ3) is 7.50. The van der Waals surface area contributed by atoms with Gasteiger partial charge in [0.1, 0.15) is 5.82 Å². The van der Waals surface area contributed by atoms with Crippen LogP contribution >= 0.6 is 0 Å². The lowest BCUT2D eigenvalue weighted by molar-refractivity contribution is -0.117. The second kappa shape index (κ2) is 9.26. The molecule has 1 saturated heterocycles. The van der Waals surface area contributed by atoms with Crippen molar-refractivity contribution in [2.75, 3.05) is 31.2 Å². The number of primary amides is 1. The van der Waals surface area contributed by atoms with E-state index in [0.717, 1.165) is 25.0 Å². The van der Waals surface area contributed by atoms with Crippen molar-refractivity contribution in [1.29, 1.82) is 0 Å². The molecule has 1 aliphatic heterocycles. The van der Waals surface area contributed by atoms with Crippen LogP contribution < -0.4 is 5.73 Å². The number of halogens is 1. The Morgan fingerprint density at radius 2 is 2.16 bits per heavy atom. The molecule has 0 bridgehead atoms. The number of benzene rings is 1. The molecule has 1 unspecified atom stereocenters. The Balaban J connectivity index is 1.97. The van der Waals surface area contributed by atoms with Crippen molar-refractivity contribution >= 4 is 15.7 Å². The van der Waals surface area contributed by atoms with Gasteiger partial charge in [-0.15, -0.1) is 0 Å². The number of hydrogen-bond donors (Lipinski definition) is 1. The molecule has 8 heteroatoms. The Morgan fingerprint density at radius 3 is 2.80 bits per heavy atom. The summed E-state index contributed by atoms with van der Waals surface area (Å²) in [6.07, 6.45) is 1.84. The normalized spacial score (nSPS) is 17.9. The number of ether oxygens (including phenoxy) is 1. The maximum Gasteiger partial charge on any atom is 0.218 e. The molecule has 1 atom stereocenters. The van der Waals surface area contributed by atoms with Crippen LogP contribution in [0.4, 0.5) is 4.39 Å². The van der Waals surface area contributed by atoms with E-state index in [1.807, 2.05) is 11.0 Å². The van der Waals surface area contributed by atoms with E-state index in [1.54, 1.807) is 6.07 Å². The molecule has 1 fully saturated rings. The Labute approximate surface area is 148 Å². The van der Waals surface area contributed by atoms with Crippen molar-refractivity contribution < 1.29 is 22.3 Å². The Morgan fingerprint density at radius 1 is 1.36 bits per heavy atom. The molecule has 1 aromatic carbocycles. The summed E-state index contributed by atoms with van der Waals surface area (Å²) >= 11 is 0. The van der Waals surface area contributed by atoms with E-state index in [-0.39, 0.29) is 29.8 Å². The van der Waals surface area contributed by atoms with Gasteiger partial charge in [-0.2, -0.15) is 0 Å². The number of hydrogen-bond acceptors (Lipinski definition) is 5. The summed E-state index contributed by atoms with van der Waals surface area (Å²) in [4.78, 5) is 12.7. The van der Waals surface area contributed by atoms with Gasteiger partial charge in [0.15, 0.2) is 9.84 Å². The molecule has 2 rings (SSSR count). The highest BCUT2D eigenvalue weighted by molar-refractivity contribution is 7.91. The minimum atomic E-state index is -3.36. The van der Waals surface area contributed by atoms with Crippen molar-refractivity contribution in [2.24, 2.45) is 5.73 Å². The molecule has 0 aromatic heterocycles. The molecule has 0 aliphatic carbocycles. The van der Waals surface area contributed by atoms with Crippen LogP contribution in [0.5, 0.6) is 0 Å². The largest absolute Gasteiger partial charge is 0.377 e. The summed E-state index contributed by atoms with van der Waals surface area (Å²) in [7, 11) is -3.36. The second-order valence-electron chi connectivity index (χ2n) is 6.37. The third-order valence-corrected chi connectivity index (χ3v) is 5.79. The fourth-order valence-corrected chi connectivity index (χ4v) is 4.08. The molecule has 6 nitrogen and oxygen atoms in total. The van der Waals surface area contributed by atoms with E-state index < -0.39 is 15.7 Å². The summed E-state index contributed by atoms with van der Waals surface area (Å²) in [6.45, 7) is 2.07. The fraction of sp³-hybridized carbons (Fsp3) is 0.588. The Bertz CT molecular complexity index is 675. The van der Waals surface area contributed by atoms with Crippen molar-refractivity contribution in [3.05, 3.63) is 35.6 Å². The molecule has 0 radical (unpaired) electrons. The lowest BCUT2D eigenvalue weighted by atomic mass is 10.2. The van der Waals surface area contributed by atoms with Crippen LogP contribution in [-0.2, 0) is 25.9 Å². The topological polar surface area (TPSA) is 89.7 Å². The van der Waals surface area contributed by atoms with E-state index in [9.17, 15) is 17.6 Å². The average molecular weight is 372 g/mol. The highest BCUT2D eigenvalue weighted by Crippen LogP contribution is 2.16. The standard InChI is InChI=1S/C17H25FN2O4S/c18-15-4-1-3-14(11-15)12-20(13-16-5-2-8-24-16)7-10-25(22,23)9-6-17(19)21/h1,3-4,11,16H,2,5-10,12-13H2,(H2,19,21). The van der Waals surface area contributed by atoms with E-state index in [4.69, 9.17) is 10.5 Å². The first kappa shape index (κ1) is 19.8. The Kier molecular flexibility index (Phi) is 7.34. The average Bonchev–Trinajstić information content (AvgIpc) is 3.04. The second-order valence-corrected chi connectivity index (χ2v) is 8.67. The summed E-state index contributed by atoms with van der Waals surface area (Å²) < 4.78 is 43.1. The van der Waals surface area contributed by atoms with Crippen LogP contribution in [0, 0.1) is 5.82 Å². The maximum absolute atomic E-state index is 13.4. The molecule has 0 spiro atoms. The zero-order chi connectivity index (χ0) is 18.3. The fourth-order valence-electron chi connectivity index (χ4n) is 2.83. The number of nitrogens with two attached hydrogens (primary N) is 1. The van der Waals surface area contributed by atoms with Crippen molar-refractivity contribution in [3.63, 3.8) is 0 Å². The van der Waals surface area contributed by atoms with Gasteiger partial charge >= 0.3 is 0 Å². The molecular weight excluding hydrogens is 347 g/mol. The van der Waals surface area contributed by atoms with Crippen molar-refractivity contribution in [1.82, 2.24) is 4.90 Å². The number of carbonyl (C=O) groups excluding carboxylic acids is 1. The van der Waals surface area contributed by atoms with Gasteiger partial charge in [-0.1, -0.05) is 12.1 Å². The SMILES string of the molecule is NC(=O)CCS(=O)(=O)CCN(Cc1cccc(F)c1)CC1CCCO1. The zero-order valence-electron chi connectivity index (χ0n) is 14.2. The molecule has 1 aromatic rings. The Hall–Kier alpha value is -1.51. The van der Waals surface area contributed by atoms with Gasteiger partial charge in [-0.05, 0) is 30.5 Å². The monoisotopic (exact) mass is 372 g/mol. The summed E-state index contributed by atoms with van der Waals surface area (Å²) in [5, 5.41) is 0. The highest BCUT2D eigenvalue weighted by atomic mass is 32.2. The molecule has 0 saturated carbocycles. The lowest BCUT2D eigenvalue weighted by Gasteiger charge is -2.25. The lowest BCUT2D eigenvalue weighted by Crippen LogP contribution is -2.36. The molecular formula is C17H25FN2O4S. The van der Waals surface area contributed by atoms with E-state index in [2.05, 4.69) is 0 Å². The third-order valence-electron chi connectivity index (χ3n) is 4.16. The maximum atomic E-state index is 13.4.